The van der Waals surface area contributed by atoms with Gasteiger partial charge in [0, 0.05) is 27.0 Å². The monoisotopic (exact) mass is 416 g/mol. The summed E-state index contributed by atoms with van der Waals surface area (Å²) in [4.78, 5) is 15.7. The molecule has 1 N–H and O–H groups in total. The summed E-state index contributed by atoms with van der Waals surface area (Å²) in [5.41, 5.74) is 9.71. The maximum absolute atomic E-state index is 12.8. The van der Waals surface area contributed by atoms with E-state index in [9.17, 15) is 4.79 Å². The van der Waals surface area contributed by atoms with Gasteiger partial charge in [-0.05, 0) is 42.3 Å². The van der Waals surface area contributed by atoms with E-state index in [1.165, 1.54) is 0 Å². The van der Waals surface area contributed by atoms with E-state index in [4.69, 9.17) is 10.3 Å². The Morgan fingerprint density at radius 2 is 1.92 bits per heavy atom. The molecule has 0 aromatic heterocycles. The Labute approximate surface area is 161 Å². The van der Waals surface area contributed by atoms with Crippen LogP contribution in [0.4, 0.5) is 5.69 Å². The molecule has 0 heterocycles. The van der Waals surface area contributed by atoms with E-state index in [2.05, 4.69) is 31.3 Å². The molecule has 136 valence electrons. The molecule has 0 bridgehead atoms. The zero-order chi connectivity index (χ0) is 19.0. The van der Waals surface area contributed by atoms with Crippen molar-refractivity contribution in [2.45, 2.75) is 25.3 Å². The number of halogens is 1. The Kier molecular flexibility index (Phi) is 7.06. The number of carbonyl (C=O) groups excluding carboxylic acids is 1. The average molecular weight is 417 g/mol. The molecule has 0 radical (unpaired) electrons. The fraction of sp³-hybridized carbons (Fsp3) is 0.316. The number of esters is 1. The van der Waals surface area contributed by atoms with Gasteiger partial charge in [-0.3, -0.25) is 0 Å². The number of hydrogen-bond acceptors (Lipinski definition) is 4. The zero-order valence-electron chi connectivity index (χ0n) is 14.7. The molecule has 7 heteroatoms. The van der Waals surface area contributed by atoms with Crippen LogP contribution in [0.5, 0.6) is 0 Å². The van der Waals surface area contributed by atoms with E-state index < -0.39 is 17.4 Å². The second-order valence-corrected chi connectivity index (χ2v) is 6.92. The Bertz CT molecular complexity index is 776. The van der Waals surface area contributed by atoms with Crippen molar-refractivity contribution in [3.63, 3.8) is 0 Å². The van der Waals surface area contributed by atoms with Crippen LogP contribution in [-0.2, 0) is 14.9 Å². The van der Waals surface area contributed by atoms with E-state index in [1.807, 2.05) is 61.5 Å². The van der Waals surface area contributed by atoms with Crippen LogP contribution in [0.3, 0.4) is 0 Å². The maximum atomic E-state index is 12.8. The normalized spacial score (nSPS) is 13.8. The summed E-state index contributed by atoms with van der Waals surface area (Å²) in [5.74, 6) is -0.394. The highest BCUT2D eigenvalue weighted by Crippen LogP contribution is 2.32. The van der Waals surface area contributed by atoms with Gasteiger partial charge < -0.3 is 10.1 Å². The number of para-hydroxylation sites is 1. The number of benzene rings is 2. The molecule has 0 saturated carbocycles. The molecule has 2 unspecified atom stereocenters. The minimum Gasteiger partial charge on any atom is -0.464 e. The van der Waals surface area contributed by atoms with E-state index in [1.54, 1.807) is 6.92 Å². The number of nitrogens with one attached hydrogen (secondary N) is 1. The molecule has 2 atom stereocenters. The Morgan fingerprint density at radius 3 is 2.50 bits per heavy atom. The topological polar surface area (TPSA) is 87.1 Å². The third kappa shape index (κ3) is 4.77. The van der Waals surface area contributed by atoms with Gasteiger partial charge in [0.15, 0.2) is 0 Å². The van der Waals surface area contributed by atoms with Gasteiger partial charge in [0.1, 0.15) is 6.04 Å². The Hall–Kier alpha value is -2.50. The van der Waals surface area contributed by atoms with E-state index in [0.717, 1.165) is 15.7 Å². The van der Waals surface area contributed by atoms with Crippen molar-refractivity contribution in [3.8, 4) is 0 Å². The van der Waals surface area contributed by atoms with Gasteiger partial charge in [0.05, 0.1) is 6.61 Å². The lowest BCUT2D eigenvalue weighted by molar-refractivity contribution is -0.145. The van der Waals surface area contributed by atoms with Crippen LogP contribution in [0.2, 0.25) is 0 Å². The van der Waals surface area contributed by atoms with Crippen molar-refractivity contribution in [2.75, 3.05) is 18.5 Å². The van der Waals surface area contributed by atoms with E-state index >= 15 is 0 Å². The fourth-order valence-corrected chi connectivity index (χ4v) is 3.03. The number of ether oxygens (including phenoxy) is 1. The van der Waals surface area contributed by atoms with Crippen LogP contribution >= 0.6 is 15.9 Å². The van der Waals surface area contributed by atoms with Crippen molar-refractivity contribution < 1.29 is 9.53 Å². The molecular weight excluding hydrogens is 396 g/mol. The minimum atomic E-state index is -0.797. The number of hydrogen-bond donors (Lipinski definition) is 1. The molecule has 2 aromatic carbocycles. The third-order valence-electron chi connectivity index (χ3n) is 4.21. The van der Waals surface area contributed by atoms with Gasteiger partial charge in [-0.25, -0.2) is 4.79 Å². The summed E-state index contributed by atoms with van der Waals surface area (Å²) in [7, 11) is 0. The van der Waals surface area contributed by atoms with Gasteiger partial charge in [-0.2, -0.15) is 0 Å². The predicted octanol–water partition coefficient (Wildman–Crippen LogP) is 5.06. The summed E-state index contributed by atoms with van der Waals surface area (Å²) in [5, 5.41) is 7.03. The van der Waals surface area contributed by atoms with Crippen molar-refractivity contribution in [3.05, 3.63) is 75.1 Å². The molecule has 26 heavy (non-hydrogen) atoms. The quantitative estimate of drug-likeness (QED) is 0.282. The number of anilines is 1. The lowest BCUT2D eigenvalue weighted by Gasteiger charge is -2.36. The van der Waals surface area contributed by atoms with Crippen LogP contribution in [0.1, 0.15) is 19.4 Å². The van der Waals surface area contributed by atoms with Gasteiger partial charge >= 0.3 is 5.97 Å². The summed E-state index contributed by atoms with van der Waals surface area (Å²) < 4.78 is 6.23. The van der Waals surface area contributed by atoms with Crippen LogP contribution in [0.25, 0.3) is 10.4 Å². The number of rotatable bonds is 8. The van der Waals surface area contributed by atoms with Crippen molar-refractivity contribution in [1.82, 2.24) is 0 Å². The smallest absolute Gasteiger partial charge is 0.329 e. The average Bonchev–Trinajstić information content (AvgIpc) is 2.65. The maximum Gasteiger partial charge on any atom is 0.329 e. The first-order valence-electron chi connectivity index (χ1n) is 8.26. The molecule has 0 aliphatic carbocycles. The summed E-state index contributed by atoms with van der Waals surface area (Å²) in [6.07, 6.45) is 0. The molecule has 0 aliphatic rings. The highest BCUT2D eigenvalue weighted by Gasteiger charge is 2.41. The first-order valence-corrected chi connectivity index (χ1v) is 9.05. The van der Waals surface area contributed by atoms with Crippen LogP contribution in [0, 0.1) is 0 Å². The lowest BCUT2D eigenvalue weighted by Crippen LogP contribution is -2.50. The molecule has 0 fully saturated rings. The minimum absolute atomic E-state index is 0.106. The highest BCUT2D eigenvalue weighted by molar-refractivity contribution is 9.10. The Morgan fingerprint density at radius 1 is 1.27 bits per heavy atom. The predicted molar refractivity (Wildman–Crippen MR) is 106 cm³/mol. The van der Waals surface area contributed by atoms with Crippen LogP contribution < -0.4 is 5.32 Å². The van der Waals surface area contributed by atoms with Crippen molar-refractivity contribution >= 4 is 27.6 Å². The number of nitrogens with zero attached hydrogens (tertiary/aromatic N) is 3. The van der Waals surface area contributed by atoms with Gasteiger partial charge in [-0.1, -0.05) is 58.3 Å². The molecule has 0 aliphatic heterocycles. The van der Waals surface area contributed by atoms with Gasteiger partial charge in [0.2, 0.25) is 0 Å². The highest BCUT2D eigenvalue weighted by atomic mass is 79.9. The second kappa shape index (κ2) is 9.27. The lowest BCUT2D eigenvalue weighted by atomic mass is 9.75. The molecule has 2 rings (SSSR count). The van der Waals surface area contributed by atoms with Crippen molar-refractivity contribution in [2.24, 2.45) is 5.11 Å². The van der Waals surface area contributed by atoms with Gasteiger partial charge in [0.25, 0.3) is 0 Å². The van der Waals surface area contributed by atoms with E-state index in [0.29, 0.717) is 0 Å². The summed E-state index contributed by atoms with van der Waals surface area (Å²) in [6, 6.07) is 16.3. The zero-order valence-corrected chi connectivity index (χ0v) is 16.3. The fourth-order valence-electron chi connectivity index (χ4n) is 2.76. The summed E-state index contributed by atoms with van der Waals surface area (Å²) >= 11 is 3.42. The molecule has 0 saturated heterocycles. The number of carbonyl (C=O) groups is 1. The molecular formula is C19H21BrN4O2. The number of azide groups is 1. The largest absolute Gasteiger partial charge is 0.464 e. The summed E-state index contributed by atoms with van der Waals surface area (Å²) in [6.45, 7) is 4.03. The standard InChI is InChI=1S/C19H21BrN4O2/c1-3-26-18(25)17(23-16-7-5-4-6-8-16)19(2,13-22-24-21)14-9-11-15(20)12-10-14/h4-12,17,23H,3,13H2,1-2H3. The first kappa shape index (κ1) is 19.8. The van der Waals surface area contributed by atoms with Gasteiger partial charge in [-0.15, -0.1) is 0 Å². The van der Waals surface area contributed by atoms with Crippen LogP contribution in [-0.4, -0.2) is 25.2 Å². The Balaban J connectivity index is 2.50. The van der Waals surface area contributed by atoms with E-state index in [-0.39, 0.29) is 13.2 Å². The first-order chi connectivity index (χ1) is 12.5. The molecule has 2 aromatic rings. The molecule has 6 nitrogen and oxygen atoms in total. The van der Waals surface area contributed by atoms with Crippen LogP contribution in [0.15, 0.2) is 64.2 Å². The molecule has 0 spiro atoms. The second-order valence-electron chi connectivity index (χ2n) is 6.01. The SMILES string of the molecule is CCOC(=O)C(Nc1ccccc1)C(C)(CN=[N+]=[N-])c1ccc(Br)cc1. The van der Waals surface area contributed by atoms with Crippen molar-refractivity contribution in [1.29, 1.82) is 0 Å². The molecule has 0 amide bonds. The third-order valence-corrected chi connectivity index (χ3v) is 4.74.